The van der Waals surface area contributed by atoms with Crippen molar-refractivity contribution in [1.29, 1.82) is 0 Å². The molecular weight excluding hydrogens is 136 g/mol. The molecule has 1 unspecified atom stereocenters. The van der Waals surface area contributed by atoms with Crippen molar-refractivity contribution in [3.63, 3.8) is 0 Å². The Morgan fingerprint density at radius 1 is 1.55 bits per heavy atom. The molecule has 0 aromatic rings. The lowest BCUT2D eigenvalue weighted by molar-refractivity contribution is -0.124. The Morgan fingerprint density at radius 2 is 2.18 bits per heavy atom. The van der Waals surface area contributed by atoms with Crippen molar-refractivity contribution < 1.29 is 4.79 Å². The van der Waals surface area contributed by atoms with Gasteiger partial charge >= 0.3 is 0 Å². The van der Waals surface area contributed by atoms with Crippen LogP contribution in [0.4, 0.5) is 0 Å². The van der Waals surface area contributed by atoms with Gasteiger partial charge in [-0.05, 0) is 25.7 Å². The van der Waals surface area contributed by atoms with E-state index in [1.54, 1.807) is 0 Å². The van der Waals surface area contributed by atoms with Gasteiger partial charge in [0.15, 0.2) is 0 Å². The molecule has 0 heterocycles. The van der Waals surface area contributed by atoms with E-state index in [9.17, 15) is 4.79 Å². The van der Waals surface area contributed by atoms with Gasteiger partial charge in [0.25, 0.3) is 0 Å². The summed E-state index contributed by atoms with van der Waals surface area (Å²) in [5, 5.41) is 0. The standard InChI is InChI=1S/C10H16O/c1-7(2)9-5-4-8(3)6-10(9)11/h8-9H,1,4-6H2,2-3H3/t8?,9-/m0/s1. The van der Waals surface area contributed by atoms with Gasteiger partial charge in [0.1, 0.15) is 5.78 Å². The fourth-order valence-corrected chi connectivity index (χ4v) is 1.72. The molecule has 62 valence electrons. The van der Waals surface area contributed by atoms with Crippen molar-refractivity contribution in [2.75, 3.05) is 0 Å². The molecule has 11 heavy (non-hydrogen) atoms. The van der Waals surface area contributed by atoms with Crippen molar-refractivity contribution in [3.05, 3.63) is 12.2 Å². The zero-order valence-corrected chi connectivity index (χ0v) is 7.39. The maximum absolute atomic E-state index is 11.4. The Labute approximate surface area is 68.5 Å². The summed E-state index contributed by atoms with van der Waals surface area (Å²) < 4.78 is 0. The number of Topliss-reactive ketones (excluding diaryl/α,β-unsaturated/α-hetero) is 1. The van der Waals surface area contributed by atoms with Crippen LogP contribution in [0.1, 0.15) is 33.1 Å². The molecule has 0 aromatic carbocycles. The van der Waals surface area contributed by atoms with Crippen LogP contribution in [0.15, 0.2) is 12.2 Å². The maximum Gasteiger partial charge on any atom is 0.140 e. The quantitative estimate of drug-likeness (QED) is 0.528. The number of ketones is 1. The lowest BCUT2D eigenvalue weighted by atomic mass is 9.79. The van der Waals surface area contributed by atoms with Crippen molar-refractivity contribution in [1.82, 2.24) is 0 Å². The number of carbonyl (C=O) groups is 1. The zero-order valence-electron chi connectivity index (χ0n) is 7.39. The maximum atomic E-state index is 11.4. The highest BCUT2D eigenvalue weighted by atomic mass is 16.1. The Kier molecular flexibility index (Phi) is 2.48. The SMILES string of the molecule is C=C(C)[C@@H]1CCC(C)CC1=O. The molecule has 0 N–H and O–H groups in total. The molecule has 0 saturated heterocycles. The minimum Gasteiger partial charge on any atom is -0.299 e. The number of carbonyl (C=O) groups excluding carboxylic acids is 1. The first-order valence-corrected chi connectivity index (χ1v) is 4.29. The van der Waals surface area contributed by atoms with Crippen LogP contribution in [-0.2, 0) is 4.79 Å². The van der Waals surface area contributed by atoms with Gasteiger partial charge in [-0.2, -0.15) is 0 Å². The molecule has 1 heteroatoms. The van der Waals surface area contributed by atoms with E-state index >= 15 is 0 Å². The average Bonchev–Trinajstić information content (AvgIpc) is 1.85. The summed E-state index contributed by atoms with van der Waals surface area (Å²) >= 11 is 0. The molecular formula is C10H16O. The Bertz CT molecular complexity index is 181. The van der Waals surface area contributed by atoms with Gasteiger partial charge in [-0.1, -0.05) is 19.1 Å². The number of rotatable bonds is 1. The average molecular weight is 152 g/mol. The minimum atomic E-state index is 0.172. The second-order valence-electron chi connectivity index (χ2n) is 3.75. The van der Waals surface area contributed by atoms with Gasteiger partial charge in [0.2, 0.25) is 0 Å². The topological polar surface area (TPSA) is 17.1 Å². The molecule has 1 rings (SSSR count). The lowest BCUT2D eigenvalue weighted by Gasteiger charge is -2.24. The van der Waals surface area contributed by atoms with Crippen LogP contribution < -0.4 is 0 Å². The highest BCUT2D eigenvalue weighted by Gasteiger charge is 2.26. The van der Waals surface area contributed by atoms with E-state index in [2.05, 4.69) is 13.5 Å². The van der Waals surface area contributed by atoms with Gasteiger partial charge in [0, 0.05) is 12.3 Å². The third kappa shape index (κ3) is 1.92. The summed E-state index contributed by atoms with van der Waals surface area (Å²) in [5.41, 5.74) is 1.04. The van der Waals surface area contributed by atoms with Crippen molar-refractivity contribution in [2.45, 2.75) is 33.1 Å². The zero-order chi connectivity index (χ0) is 8.43. The summed E-state index contributed by atoms with van der Waals surface area (Å²) in [4.78, 5) is 11.4. The van der Waals surface area contributed by atoms with Crippen LogP contribution in [0, 0.1) is 11.8 Å². The van der Waals surface area contributed by atoms with Crippen LogP contribution in [0.3, 0.4) is 0 Å². The normalized spacial score (nSPS) is 32.0. The van der Waals surface area contributed by atoms with E-state index in [1.807, 2.05) is 6.92 Å². The Balaban J connectivity index is 2.58. The van der Waals surface area contributed by atoms with Crippen LogP contribution in [0.2, 0.25) is 0 Å². The highest BCUT2D eigenvalue weighted by Crippen LogP contribution is 2.29. The third-order valence-corrected chi connectivity index (χ3v) is 2.48. The fourth-order valence-electron chi connectivity index (χ4n) is 1.72. The van der Waals surface area contributed by atoms with Crippen molar-refractivity contribution in [2.24, 2.45) is 11.8 Å². The van der Waals surface area contributed by atoms with E-state index in [0.717, 1.165) is 18.4 Å². The smallest absolute Gasteiger partial charge is 0.140 e. The summed E-state index contributed by atoms with van der Waals surface area (Å²) in [5.74, 6) is 1.17. The van der Waals surface area contributed by atoms with E-state index < -0.39 is 0 Å². The predicted molar refractivity (Wildman–Crippen MR) is 46.3 cm³/mol. The molecule has 0 amide bonds. The van der Waals surface area contributed by atoms with Gasteiger partial charge in [-0.3, -0.25) is 4.79 Å². The Hall–Kier alpha value is -0.590. The second kappa shape index (κ2) is 3.21. The van der Waals surface area contributed by atoms with E-state index in [-0.39, 0.29) is 5.92 Å². The third-order valence-electron chi connectivity index (χ3n) is 2.48. The molecule has 1 aliphatic carbocycles. The summed E-state index contributed by atoms with van der Waals surface area (Å²) in [6.07, 6.45) is 2.97. The molecule has 1 saturated carbocycles. The molecule has 2 atom stereocenters. The van der Waals surface area contributed by atoms with Crippen molar-refractivity contribution >= 4 is 5.78 Å². The van der Waals surface area contributed by atoms with Crippen LogP contribution in [0.5, 0.6) is 0 Å². The first-order valence-electron chi connectivity index (χ1n) is 4.29. The van der Waals surface area contributed by atoms with E-state index in [0.29, 0.717) is 11.7 Å². The predicted octanol–water partition coefficient (Wildman–Crippen LogP) is 2.57. The van der Waals surface area contributed by atoms with Crippen LogP contribution >= 0.6 is 0 Å². The summed E-state index contributed by atoms with van der Waals surface area (Å²) in [7, 11) is 0. The second-order valence-corrected chi connectivity index (χ2v) is 3.75. The van der Waals surface area contributed by atoms with Crippen LogP contribution in [0.25, 0.3) is 0 Å². The largest absolute Gasteiger partial charge is 0.299 e. The van der Waals surface area contributed by atoms with Crippen LogP contribution in [-0.4, -0.2) is 5.78 Å². The molecule has 1 nitrogen and oxygen atoms in total. The molecule has 0 aliphatic heterocycles. The van der Waals surface area contributed by atoms with Gasteiger partial charge in [0.05, 0.1) is 0 Å². The Morgan fingerprint density at radius 3 is 2.64 bits per heavy atom. The first-order chi connectivity index (χ1) is 5.11. The van der Waals surface area contributed by atoms with E-state index in [1.165, 1.54) is 6.42 Å². The lowest BCUT2D eigenvalue weighted by Crippen LogP contribution is -2.23. The highest BCUT2D eigenvalue weighted by molar-refractivity contribution is 5.84. The van der Waals surface area contributed by atoms with E-state index in [4.69, 9.17) is 0 Å². The van der Waals surface area contributed by atoms with Gasteiger partial charge in [-0.25, -0.2) is 0 Å². The number of hydrogen-bond donors (Lipinski definition) is 0. The molecule has 0 bridgehead atoms. The van der Waals surface area contributed by atoms with Crippen molar-refractivity contribution in [3.8, 4) is 0 Å². The molecule has 0 radical (unpaired) electrons. The summed E-state index contributed by atoms with van der Waals surface area (Å²) in [6, 6.07) is 0. The number of hydrogen-bond acceptors (Lipinski definition) is 1. The van der Waals surface area contributed by atoms with Gasteiger partial charge < -0.3 is 0 Å². The molecule has 0 aromatic heterocycles. The summed E-state index contributed by atoms with van der Waals surface area (Å²) in [6.45, 7) is 7.94. The molecule has 1 fully saturated rings. The molecule has 0 spiro atoms. The monoisotopic (exact) mass is 152 g/mol. The molecule has 1 aliphatic rings. The number of allylic oxidation sites excluding steroid dienone is 1. The van der Waals surface area contributed by atoms with Gasteiger partial charge in [-0.15, -0.1) is 0 Å². The first kappa shape index (κ1) is 8.51. The minimum absolute atomic E-state index is 0.172. The fraction of sp³-hybridized carbons (Fsp3) is 0.700.